The monoisotopic (exact) mass is 729 g/mol. The minimum atomic E-state index is 0.653. The second-order valence-electron chi connectivity index (χ2n) is 14.6. The van der Waals surface area contributed by atoms with Crippen LogP contribution in [0.4, 0.5) is 0 Å². The first-order valence-corrected chi connectivity index (χ1v) is 19.1. The van der Waals surface area contributed by atoms with Crippen molar-refractivity contribution < 1.29 is 8.83 Å². The molecule has 0 fully saturated rings. The summed E-state index contributed by atoms with van der Waals surface area (Å²) >= 11 is 0. The number of hydrogen-bond donors (Lipinski definition) is 0. The summed E-state index contributed by atoms with van der Waals surface area (Å²) in [5.74, 6) is 1.44. The predicted molar refractivity (Wildman–Crippen MR) is 233 cm³/mol. The van der Waals surface area contributed by atoms with Crippen LogP contribution >= 0.6 is 0 Å². The molecule has 4 aromatic heterocycles. The van der Waals surface area contributed by atoms with Crippen LogP contribution in [0, 0.1) is 0 Å². The van der Waals surface area contributed by atoms with Gasteiger partial charge in [-0.25, -0.2) is 9.97 Å². The highest BCUT2D eigenvalue weighted by Gasteiger charge is 2.20. The van der Waals surface area contributed by atoms with Crippen molar-refractivity contribution in [3.05, 3.63) is 188 Å². The Morgan fingerprint density at radius 1 is 0.351 bits per heavy atom. The van der Waals surface area contributed by atoms with E-state index in [1.54, 1.807) is 0 Å². The molecule has 0 radical (unpaired) electrons. The van der Waals surface area contributed by atoms with Crippen molar-refractivity contribution >= 4 is 65.7 Å². The van der Waals surface area contributed by atoms with E-state index < -0.39 is 0 Å². The highest BCUT2D eigenvalue weighted by molar-refractivity contribution is 6.14. The maximum absolute atomic E-state index is 6.34. The molecule has 4 heterocycles. The first kappa shape index (κ1) is 31.6. The topological polar surface area (TPSA) is 57.0 Å². The molecule has 0 aliphatic rings. The molecule has 0 bridgehead atoms. The smallest absolute Gasteiger partial charge is 0.162 e. The summed E-state index contributed by atoms with van der Waals surface area (Å²) in [6.45, 7) is 0. The summed E-state index contributed by atoms with van der Waals surface area (Å²) < 4.78 is 14.8. The van der Waals surface area contributed by atoms with Gasteiger partial charge in [-0.05, 0) is 65.2 Å². The van der Waals surface area contributed by atoms with Crippen LogP contribution in [0.5, 0.6) is 0 Å². The number of fused-ring (bicyclic) bond motifs is 9. The van der Waals surface area contributed by atoms with Crippen molar-refractivity contribution in [2.24, 2.45) is 0 Å². The Bertz CT molecular complexity index is 3540. The third-order valence-electron chi connectivity index (χ3n) is 11.2. The molecule has 0 N–H and O–H groups in total. The molecule has 8 aromatic carbocycles. The lowest BCUT2D eigenvalue weighted by atomic mass is 9.96. The Morgan fingerprint density at radius 3 is 1.82 bits per heavy atom. The Kier molecular flexibility index (Phi) is 6.86. The molecule has 0 aliphatic heterocycles. The van der Waals surface area contributed by atoms with Gasteiger partial charge in [-0.15, -0.1) is 0 Å². The van der Waals surface area contributed by atoms with Crippen molar-refractivity contribution in [1.29, 1.82) is 0 Å². The van der Waals surface area contributed by atoms with E-state index >= 15 is 0 Å². The third kappa shape index (κ3) is 5.03. The molecule has 0 spiro atoms. The van der Waals surface area contributed by atoms with E-state index in [4.69, 9.17) is 18.8 Å². The fourth-order valence-electron chi connectivity index (χ4n) is 8.56. The molecule has 266 valence electrons. The average molecular weight is 730 g/mol. The molecular weight excluding hydrogens is 699 g/mol. The number of benzene rings is 8. The molecule has 0 atom stereocenters. The molecule has 0 amide bonds. The summed E-state index contributed by atoms with van der Waals surface area (Å²) in [6, 6.07) is 65.6. The summed E-state index contributed by atoms with van der Waals surface area (Å²) in [5.41, 5.74) is 12.9. The third-order valence-corrected chi connectivity index (χ3v) is 11.2. The number of furan rings is 2. The summed E-state index contributed by atoms with van der Waals surface area (Å²) in [6.07, 6.45) is 0. The maximum atomic E-state index is 6.34. The number of aromatic nitrogens is 3. The first-order valence-electron chi connectivity index (χ1n) is 19.1. The zero-order chi connectivity index (χ0) is 37.5. The molecule has 5 heteroatoms. The van der Waals surface area contributed by atoms with Crippen LogP contribution in [0.15, 0.2) is 197 Å². The Hall–Kier alpha value is -7.76. The minimum Gasteiger partial charge on any atom is -0.456 e. The van der Waals surface area contributed by atoms with Crippen molar-refractivity contribution in [3.63, 3.8) is 0 Å². The highest BCUT2D eigenvalue weighted by Crippen LogP contribution is 2.41. The zero-order valence-electron chi connectivity index (χ0n) is 30.6. The summed E-state index contributed by atoms with van der Waals surface area (Å²) in [4.78, 5) is 10.5. The molecule has 5 nitrogen and oxygen atoms in total. The lowest BCUT2D eigenvalue weighted by Gasteiger charge is -2.14. The van der Waals surface area contributed by atoms with Crippen molar-refractivity contribution in [2.75, 3.05) is 0 Å². The molecule has 12 rings (SSSR count). The minimum absolute atomic E-state index is 0.653. The van der Waals surface area contributed by atoms with E-state index in [2.05, 4.69) is 144 Å². The van der Waals surface area contributed by atoms with Crippen LogP contribution in [0.2, 0.25) is 0 Å². The Labute approximate surface area is 326 Å². The van der Waals surface area contributed by atoms with Gasteiger partial charge in [0.25, 0.3) is 0 Å². The molecule has 0 aliphatic carbocycles. The molecular formula is C52H31N3O2. The van der Waals surface area contributed by atoms with E-state index in [1.807, 2.05) is 48.5 Å². The van der Waals surface area contributed by atoms with Gasteiger partial charge in [0.15, 0.2) is 5.82 Å². The maximum Gasteiger partial charge on any atom is 0.162 e. The van der Waals surface area contributed by atoms with Crippen molar-refractivity contribution in [3.8, 4) is 50.7 Å². The van der Waals surface area contributed by atoms with Gasteiger partial charge in [-0.3, -0.25) is 4.57 Å². The van der Waals surface area contributed by atoms with Crippen LogP contribution in [0.25, 0.3) is 116 Å². The number of hydrogen-bond acceptors (Lipinski definition) is 4. The summed E-state index contributed by atoms with van der Waals surface area (Å²) in [5, 5.41) is 6.74. The molecule has 0 saturated carbocycles. The fourth-order valence-corrected chi connectivity index (χ4v) is 8.56. The molecule has 57 heavy (non-hydrogen) atoms. The van der Waals surface area contributed by atoms with E-state index in [-0.39, 0.29) is 0 Å². The Morgan fingerprint density at radius 2 is 0.965 bits per heavy atom. The molecule has 0 saturated heterocycles. The van der Waals surface area contributed by atoms with Crippen LogP contribution in [-0.2, 0) is 0 Å². The van der Waals surface area contributed by atoms with E-state index in [0.29, 0.717) is 5.82 Å². The van der Waals surface area contributed by atoms with Crippen LogP contribution in [-0.4, -0.2) is 14.5 Å². The van der Waals surface area contributed by atoms with E-state index in [0.717, 1.165) is 111 Å². The standard InChI is InChI=1S/C52H31N3O2/c1-2-12-32(13-3-1)52-53-44(36-24-26-41-39-17-5-8-22-46(39)57-49(41)30-36)31-50(54-52)55-45-21-7-4-16-38(45)42-20-11-19-37(51(42)55)35-15-10-14-33(28-35)34-25-27-48-43(29-34)40-18-6-9-23-47(40)56-48/h1-31H. The van der Waals surface area contributed by atoms with Gasteiger partial charge >= 0.3 is 0 Å². The molecule has 0 unspecified atom stereocenters. The zero-order valence-corrected chi connectivity index (χ0v) is 30.6. The van der Waals surface area contributed by atoms with Gasteiger partial charge in [0.05, 0.1) is 16.7 Å². The molecule has 12 aromatic rings. The van der Waals surface area contributed by atoms with Crippen LogP contribution < -0.4 is 0 Å². The normalized spacial score (nSPS) is 11.9. The second-order valence-corrected chi connectivity index (χ2v) is 14.6. The van der Waals surface area contributed by atoms with Crippen molar-refractivity contribution in [1.82, 2.24) is 14.5 Å². The van der Waals surface area contributed by atoms with Crippen LogP contribution in [0.1, 0.15) is 0 Å². The van der Waals surface area contributed by atoms with Gasteiger partial charge in [0, 0.05) is 55.1 Å². The van der Waals surface area contributed by atoms with Gasteiger partial charge < -0.3 is 8.83 Å². The van der Waals surface area contributed by atoms with Gasteiger partial charge in [-0.2, -0.15) is 0 Å². The largest absolute Gasteiger partial charge is 0.456 e. The van der Waals surface area contributed by atoms with E-state index in [1.165, 1.54) is 0 Å². The predicted octanol–water partition coefficient (Wildman–Crippen LogP) is 14.0. The van der Waals surface area contributed by atoms with E-state index in [9.17, 15) is 0 Å². The van der Waals surface area contributed by atoms with Gasteiger partial charge in [0.2, 0.25) is 0 Å². The fraction of sp³-hybridized carbons (Fsp3) is 0. The van der Waals surface area contributed by atoms with Gasteiger partial charge in [0.1, 0.15) is 28.1 Å². The first-order chi connectivity index (χ1) is 28.2. The van der Waals surface area contributed by atoms with Crippen molar-refractivity contribution in [2.45, 2.75) is 0 Å². The SMILES string of the molecule is c1ccc(-c2nc(-c3ccc4c(c3)oc3ccccc34)cc(-n3c4ccccc4c4cccc(-c5cccc(-c6ccc7oc8ccccc8c7c6)c5)c43)n2)cc1. The average Bonchev–Trinajstić information content (AvgIpc) is 3.95. The Balaban J connectivity index is 1.08. The lowest BCUT2D eigenvalue weighted by Crippen LogP contribution is -2.03. The second kappa shape index (κ2) is 12.4. The quantitative estimate of drug-likeness (QED) is 0.177. The number of rotatable bonds is 5. The van der Waals surface area contributed by atoms with Crippen LogP contribution in [0.3, 0.4) is 0 Å². The highest BCUT2D eigenvalue weighted by atomic mass is 16.3. The van der Waals surface area contributed by atoms with Gasteiger partial charge in [-0.1, -0.05) is 133 Å². The number of nitrogens with zero attached hydrogens (tertiary/aromatic N) is 3. The number of para-hydroxylation sites is 4. The lowest BCUT2D eigenvalue weighted by molar-refractivity contribution is 0.668. The summed E-state index contributed by atoms with van der Waals surface area (Å²) in [7, 11) is 0.